The van der Waals surface area contributed by atoms with Crippen LogP contribution in [0.5, 0.6) is 0 Å². The lowest BCUT2D eigenvalue weighted by Gasteiger charge is -2.07. The maximum atomic E-state index is 12.7. The first-order valence-electron chi connectivity index (χ1n) is 6.26. The van der Waals surface area contributed by atoms with Gasteiger partial charge in [0.15, 0.2) is 0 Å². The van der Waals surface area contributed by atoms with E-state index in [1.54, 1.807) is 0 Å². The van der Waals surface area contributed by atoms with Crippen LogP contribution in [0.2, 0.25) is 0 Å². The van der Waals surface area contributed by atoms with E-state index in [9.17, 15) is 22.4 Å². The molecule has 0 saturated carbocycles. The SMILES string of the molecule is O=C(/C=C/c1ccc(F)cc1)Nc1ccc(C(F)(F)F)cc1. The standard InChI is InChI=1S/C16H11F4NO/c17-13-6-1-11(2-7-13)3-10-15(22)21-14-8-4-12(5-9-14)16(18,19)20/h1-10H,(H,21,22)/b10-3+. The van der Waals surface area contributed by atoms with Crippen molar-refractivity contribution in [2.45, 2.75) is 6.18 Å². The Morgan fingerprint density at radius 2 is 1.55 bits per heavy atom. The number of hydrogen-bond donors (Lipinski definition) is 1. The van der Waals surface area contributed by atoms with E-state index in [4.69, 9.17) is 0 Å². The smallest absolute Gasteiger partial charge is 0.323 e. The van der Waals surface area contributed by atoms with Crippen LogP contribution in [-0.2, 0) is 11.0 Å². The number of rotatable bonds is 3. The van der Waals surface area contributed by atoms with E-state index < -0.39 is 17.6 Å². The number of amides is 1. The maximum absolute atomic E-state index is 12.7. The fourth-order valence-corrected chi connectivity index (χ4v) is 1.67. The number of hydrogen-bond acceptors (Lipinski definition) is 1. The van der Waals surface area contributed by atoms with E-state index in [0.717, 1.165) is 12.1 Å². The second kappa shape index (κ2) is 6.43. The Balaban J connectivity index is 1.98. The molecule has 0 fully saturated rings. The predicted octanol–water partition coefficient (Wildman–Crippen LogP) is 4.50. The van der Waals surface area contributed by atoms with Gasteiger partial charge in [-0.05, 0) is 48.0 Å². The van der Waals surface area contributed by atoms with Crippen molar-refractivity contribution in [2.24, 2.45) is 0 Å². The van der Waals surface area contributed by atoms with E-state index >= 15 is 0 Å². The molecule has 2 rings (SSSR count). The number of carbonyl (C=O) groups excluding carboxylic acids is 1. The lowest BCUT2D eigenvalue weighted by atomic mass is 10.2. The van der Waals surface area contributed by atoms with Crippen LogP contribution in [0.3, 0.4) is 0 Å². The molecule has 0 unspecified atom stereocenters. The van der Waals surface area contributed by atoms with Gasteiger partial charge in [0.25, 0.3) is 0 Å². The highest BCUT2D eigenvalue weighted by Crippen LogP contribution is 2.29. The van der Waals surface area contributed by atoms with Crippen molar-refractivity contribution in [2.75, 3.05) is 5.32 Å². The van der Waals surface area contributed by atoms with Gasteiger partial charge < -0.3 is 5.32 Å². The maximum Gasteiger partial charge on any atom is 0.416 e. The summed E-state index contributed by atoms with van der Waals surface area (Å²) >= 11 is 0. The molecular weight excluding hydrogens is 298 g/mol. The summed E-state index contributed by atoms with van der Waals surface area (Å²) in [5, 5.41) is 2.44. The van der Waals surface area contributed by atoms with Gasteiger partial charge in [-0.3, -0.25) is 4.79 Å². The molecule has 6 heteroatoms. The first kappa shape index (κ1) is 15.8. The molecule has 0 aliphatic rings. The quantitative estimate of drug-likeness (QED) is 0.656. The summed E-state index contributed by atoms with van der Waals surface area (Å²) in [6, 6.07) is 9.63. The highest BCUT2D eigenvalue weighted by molar-refractivity contribution is 6.01. The normalized spacial score (nSPS) is 11.6. The third-order valence-electron chi connectivity index (χ3n) is 2.78. The van der Waals surface area contributed by atoms with Crippen LogP contribution in [-0.4, -0.2) is 5.91 Å². The summed E-state index contributed by atoms with van der Waals surface area (Å²) in [5.41, 5.74) is 0.0954. The van der Waals surface area contributed by atoms with Gasteiger partial charge in [0.2, 0.25) is 5.91 Å². The van der Waals surface area contributed by atoms with Crippen LogP contribution in [0.4, 0.5) is 23.2 Å². The van der Waals surface area contributed by atoms with Crippen LogP contribution in [0.15, 0.2) is 54.6 Å². The van der Waals surface area contributed by atoms with E-state index in [0.29, 0.717) is 5.56 Å². The Kier molecular flexibility index (Phi) is 4.60. The molecule has 0 aliphatic heterocycles. The number of alkyl halides is 3. The average molecular weight is 309 g/mol. The van der Waals surface area contributed by atoms with Crippen LogP contribution < -0.4 is 5.32 Å². The zero-order chi connectivity index (χ0) is 16.2. The molecule has 0 spiro atoms. The number of halogens is 4. The highest BCUT2D eigenvalue weighted by Gasteiger charge is 2.29. The van der Waals surface area contributed by atoms with Gasteiger partial charge in [-0.25, -0.2) is 4.39 Å². The average Bonchev–Trinajstić information content (AvgIpc) is 2.46. The van der Waals surface area contributed by atoms with Crippen molar-refractivity contribution >= 4 is 17.7 Å². The minimum atomic E-state index is -4.41. The van der Waals surface area contributed by atoms with Gasteiger partial charge in [0, 0.05) is 11.8 Å². The molecule has 114 valence electrons. The molecular formula is C16H11F4NO. The Labute approximate surface area is 124 Å². The summed E-state index contributed by atoms with van der Waals surface area (Å²) in [4.78, 5) is 11.6. The molecule has 1 N–H and O–H groups in total. The van der Waals surface area contributed by atoms with Crippen molar-refractivity contribution in [3.63, 3.8) is 0 Å². The van der Waals surface area contributed by atoms with Gasteiger partial charge >= 0.3 is 6.18 Å². The molecule has 2 aromatic carbocycles. The third kappa shape index (κ3) is 4.44. The number of nitrogens with one attached hydrogen (secondary N) is 1. The molecule has 0 saturated heterocycles. The van der Waals surface area contributed by atoms with E-state index in [1.165, 1.54) is 48.6 Å². The Hall–Kier alpha value is -2.63. The molecule has 0 atom stereocenters. The summed E-state index contributed by atoms with van der Waals surface area (Å²) in [7, 11) is 0. The molecule has 2 nitrogen and oxygen atoms in total. The number of anilines is 1. The van der Waals surface area contributed by atoms with Crippen molar-refractivity contribution in [3.8, 4) is 0 Å². The molecule has 1 amide bonds. The molecule has 0 aromatic heterocycles. The zero-order valence-corrected chi connectivity index (χ0v) is 11.2. The van der Waals surface area contributed by atoms with Gasteiger partial charge in [-0.1, -0.05) is 12.1 Å². The summed E-state index contributed by atoms with van der Waals surface area (Å²) in [5.74, 6) is -0.879. The molecule has 0 radical (unpaired) electrons. The van der Waals surface area contributed by atoms with Crippen LogP contribution in [0.25, 0.3) is 6.08 Å². The number of benzene rings is 2. The predicted molar refractivity (Wildman–Crippen MR) is 75.5 cm³/mol. The summed E-state index contributed by atoms with van der Waals surface area (Å²) in [6.45, 7) is 0. The lowest BCUT2D eigenvalue weighted by Crippen LogP contribution is -2.09. The number of carbonyl (C=O) groups is 1. The van der Waals surface area contributed by atoms with Gasteiger partial charge in [-0.15, -0.1) is 0 Å². The topological polar surface area (TPSA) is 29.1 Å². The van der Waals surface area contributed by atoms with E-state index in [-0.39, 0.29) is 11.5 Å². The fourth-order valence-electron chi connectivity index (χ4n) is 1.67. The van der Waals surface area contributed by atoms with Crippen LogP contribution in [0.1, 0.15) is 11.1 Å². The van der Waals surface area contributed by atoms with Gasteiger partial charge in [0.05, 0.1) is 5.56 Å². The van der Waals surface area contributed by atoms with Crippen LogP contribution >= 0.6 is 0 Å². The van der Waals surface area contributed by atoms with Crippen LogP contribution in [0, 0.1) is 5.82 Å². The first-order valence-corrected chi connectivity index (χ1v) is 6.26. The van der Waals surface area contributed by atoms with E-state index in [2.05, 4.69) is 5.32 Å². The summed E-state index contributed by atoms with van der Waals surface area (Å²) in [6.07, 6.45) is -1.73. The first-order chi connectivity index (χ1) is 10.3. The van der Waals surface area contributed by atoms with Crippen molar-refractivity contribution in [3.05, 3.63) is 71.6 Å². The minimum absolute atomic E-state index is 0.252. The Morgan fingerprint density at radius 3 is 2.09 bits per heavy atom. The van der Waals surface area contributed by atoms with Crippen molar-refractivity contribution < 1.29 is 22.4 Å². The third-order valence-corrected chi connectivity index (χ3v) is 2.78. The largest absolute Gasteiger partial charge is 0.416 e. The zero-order valence-electron chi connectivity index (χ0n) is 11.2. The molecule has 2 aromatic rings. The second-order valence-corrected chi connectivity index (χ2v) is 4.45. The minimum Gasteiger partial charge on any atom is -0.323 e. The van der Waals surface area contributed by atoms with E-state index in [1.807, 2.05) is 0 Å². The Morgan fingerprint density at radius 1 is 0.955 bits per heavy atom. The molecule has 22 heavy (non-hydrogen) atoms. The molecule has 0 heterocycles. The van der Waals surface area contributed by atoms with Crippen molar-refractivity contribution in [1.82, 2.24) is 0 Å². The molecule has 0 bridgehead atoms. The van der Waals surface area contributed by atoms with Gasteiger partial charge in [0.1, 0.15) is 5.82 Å². The summed E-state index contributed by atoms with van der Waals surface area (Å²) < 4.78 is 49.9. The lowest BCUT2D eigenvalue weighted by molar-refractivity contribution is -0.137. The van der Waals surface area contributed by atoms with Crippen molar-refractivity contribution in [1.29, 1.82) is 0 Å². The monoisotopic (exact) mass is 309 g/mol. The highest BCUT2D eigenvalue weighted by atomic mass is 19.4. The Bertz CT molecular complexity index is 673. The van der Waals surface area contributed by atoms with Gasteiger partial charge in [-0.2, -0.15) is 13.2 Å². The molecule has 0 aliphatic carbocycles. The fraction of sp³-hybridized carbons (Fsp3) is 0.0625. The second-order valence-electron chi connectivity index (χ2n) is 4.45.